The van der Waals surface area contributed by atoms with E-state index < -0.39 is 15.1 Å². The van der Waals surface area contributed by atoms with E-state index in [2.05, 4.69) is 33.4 Å². The third kappa shape index (κ3) is 5.77. The van der Waals surface area contributed by atoms with E-state index in [-0.39, 0.29) is 11.0 Å². The Hall–Kier alpha value is -3.50. The SMILES string of the molecule is CCOc1cc(N2CCC(O)CC2)ccc1Cc1nc2c(c(Nc3ccccc3S(=O)(=O)C(C)C)n1)C=NC2. The molecule has 0 atom stereocenters. The molecule has 1 saturated heterocycles. The number of ether oxygens (including phenoxy) is 1. The summed E-state index contributed by atoms with van der Waals surface area (Å²) in [6.45, 7) is 7.91. The van der Waals surface area contributed by atoms with E-state index in [4.69, 9.17) is 14.7 Å². The molecule has 10 heteroatoms. The van der Waals surface area contributed by atoms with Crippen LogP contribution in [0.15, 0.2) is 52.4 Å². The second-order valence-electron chi connectivity index (χ2n) is 10.2. The summed E-state index contributed by atoms with van der Waals surface area (Å²) in [5, 5.41) is 12.6. The van der Waals surface area contributed by atoms with Crippen molar-refractivity contribution in [3.63, 3.8) is 0 Å². The summed E-state index contributed by atoms with van der Waals surface area (Å²) >= 11 is 0. The molecule has 3 heterocycles. The molecule has 0 spiro atoms. The summed E-state index contributed by atoms with van der Waals surface area (Å²) in [6, 6.07) is 13.1. The molecule has 0 amide bonds. The largest absolute Gasteiger partial charge is 0.494 e. The molecule has 1 fully saturated rings. The smallest absolute Gasteiger partial charge is 0.182 e. The number of piperidine rings is 1. The second kappa shape index (κ2) is 11.3. The number of nitrogens with one attached hydrogen (secondary N) is 1. The number of aliphatic imine (C=N–C) groups is 1. The van der Waals surface area contributed by atoms with Crippen LogP contribution in [-0.2, 0) is 22.8 Å². The molecule has 39 heavy (non-hydrogen) atoms. The molecule has 1 aromatic heterocycles. The highest BCUT2D eigenvalue weighted by atomic mass is 32.2. The lowest BCUT2D eigenvalue weighted by atomic mass is 10.0. The molecule has 5 rings (SSSR count). The zero-order chi connectivity index (χ0) is 27.6. The van der Waals surface area contributed by atoms with Gasteiger partial charge in [-0.1, -0.05) is 18.2 Å². The van der Waals surface area contributed by atoms with Crippen molar-refractivity contribution < 1.29 is 18.3 Å². The molecule has 2 N–H and O–H groups in total. The number of aliphatic hydroxyl groups is 1. The highest BCUT2D eigenvalue weighted by Crippen LogP contribution is 2.32. The van der Waals surface area contributed by atoms with Gasteiger partial charge in [0.15, 0.2) is 9.84 Å². The normalized spacial score (nSPS) is 15.6. The maximum absolute atomic E-state index is 13.0. The Bertz CT molecular complexity index is 1480. The van der Waals surface area contributed by atoms with Gasteiger partial charge < -0.3 is 20.1 Å². The fraction of sp³-hybridized carbons (Fsp3) is 0.414. The van der Waals surface area contributed by atoms with E-state index in [9.17, 15) is 13.5 Å². The minimum atomic E-state index is -3.50. The molecular weight excluding hydrogens is 514 g/mol. The number of aliphatic hydroxyl groups excluding tert-OH is 1. The fourth-order valence-electron chi connectivity index (χ4n) is 4.89. The molecule has 2 aliphatic heterocycles. The Kier molecular flexibility index (Phi) is 7.86. The molecule has 9 nitrogen and oxygen atoms in total. The van der Waals surface area contributed by atoms with Crippen LogP contribution in [0, 0.1) is 0 Å². The van der Waals surface area contributed by atoms with Crippen molar-refractivity contribution in [3.05, 3.63) is 65.1 Å². The van der Waals surface area contributed by atoms with Gasteiger partial charge in [-0.25, -0.2) is 18.4 Å². The van der Waals surface area contributed by atoms with Crippen LogP contribution in [0.4, 0.5) is 17.2 Å². The van der Waals surface area contributed by atoms with E-state index in [0.29, 0.717) is 36.9 Å². The summed E-state index contributed by atoms with van der Waals surface area (Å²) in [5.41, 5.74) is 4.08. The van der Waals surface area contributed by atoms with E-state index in [0.717, 1.165) is 54.2 Å². The van der Waals surface area contributed by atoms with Crippen LogP contribution in [0.25, 0.3) is 0 Å². The standard InChI is InChI=1S/C29H35N5O4S/c1-4-38-26-16-21(34-13-11-22(35)12-14-34)10-9-20(26)15-28-31-25-18-30-17-23(25)29(33-28)32-24-7-5-6-8-27(24)39(36,37)19(2)3/h5-10,16-17,19,22,35H,4,11-15,18H2,1-3H3,(H,31,32,33). The average molecular weight is 550 g/mol. The van der Waals surface area contributed by atoms with Gasteiger partial charge in [0.1, 0.15) is 17.4 Å². The summed E-state index contributed by atoms with van der Waals surface area (Å²) in [5.74, 6) is 1.91. The molecule has 0 bridgehead atoms. The number of rotatable bonds is 9. The Morgan fingerprint density at radius 3 is 2.64 bits per heavy atom. The Morgan fingerprint density at radius 2 is 1.90 bits per heavy atom. The number of hydrogen-bond donors (Lipinski definition) is 2. The molecule has 0 saturated carbocycles. The van der Waals surface area contributed by atoms with E-state index in [1.807, 2.05) is 6.92 Å². The number of para-hydroxylation sites is 1. The number of nitrogens with zero attached hydrogens (tertiary/aromatic N) is 4. The van der Waals surface area contributed by atoms with Crippen LogP contribution in [0.3, 0.4) is 0 Å². The first kappa shape index (κ1) is 27.1. The van der Waals surface area contributed by atoms with Crippen LogP contribution in [0.2, 0.25) is 0 Å². The summed E-state index contributed by atoms with van der Waals surface area (Å²) in [6.07, 6.45) is 3.47. The highest BCUT2D eigenvalue weighted by molar-refractivity contribution is 7.92. The first-order valence-electron chi connectivity index (χ1n) is 13.4. The van der Waals surface area contributed by atoms with Crippen LogP contribution >= 0.6 is 0 Å². The monoisotopic (exact) mass is 549 g/mol. The summed E-state index contributed by atoms with van der Waals surface area (Å²) in [4.78, 5) is 16.5. The molecule has 0 aliphatic carbocycles. The number of fused-ring (bicyclic) bond motifs is 1. The van der Waals surface area contributed by atoms with Gasteiger partial charge in [0.05, 0.1) is 46.3 Å². The number of aromatic nitrogens is 2. The number of benzene rings is 2. The van der Waals surface area contributed by atoms with Gasteiger partial charge in [0.2, 0.25) is 0 Å². The van der Waals surface area contributed by atoms with Gasteiger partial charge in [-0.05, 0) is 51.8 Å². The molecule has 2 aromatic carbocycles. The Labute approximate surface area is 229 Å². The zero-order valence-corrected chi connectivity index (χ0v) is 23.4. The summed E-state index contributed by atoms with van der Waals surface area (Å²) < 4.78 is 32.0. The van der Waals surface area contributed by atoms with E-state index in [1.165, 1.54) is 0 Å². The predicted molar refractivity (Wildman–Crippen MR) is 153 cm³/mol. The lowest BCUT2D eigenvalue weighted by Crippen LogP contribution is -2.35. The van der Waals surface area contributed by atoms with E-state index in [1.54, 1.807) is 44.3 Å². The van der Waals surface area contributed by atoms with Crippen molar-refractivity contribution >= 4 is 33.2 Å². The third-order valence-corrected chi connectivity index (χ3v) is 9.34. The van der Waals surface area contributed by atoms with Gasteiger partial charge in [-0.15, -0.1) is 0 Å². The van der Waals surface area contributed by atoms with Crippen molar-refractivity contribution in [2.75, 3.05) is 29.9 Å². The lowest BCUT2D eigenvalue weighted by molar-refractivity contribution is 0.145. The van der Waals surface area contributed by atoms with Gasteiger partial charge in [-0.2, -0.15) is 0 Å². The minimum absolute atomic E-state index is 0.229. The summed E-state index contributed by atoms with van der Waals surface area (Å²) in [7, 11) is -3.50. The molecule has 2 aliphatic rings. The molecule has 3 aromatic rings. The maximum Gasteiger partial charge on any atom is 0.182 e. The Morgan fingerprint density at radius 1 is 1.13 bits per heavy atom. The van der Waals surface area contributed by atoms with Crippen molar-refractivity contribution in [2.45, 2.75) is 62.8 Å². The quantitative estimate of drug-likeness (QED) is 0.406. The molecular formula is C29H35N5O4S. The van der Waals surface area contributed by atoms with Crippen molar-refractivity contribution in [3.8, 4) is 5.75 Å². The fourth-order valence-corrected chi connectivity index (χ4v) is 6.09. The molecule has 0 unspecified atom stereocenters. The maximum atomic E-state index is 13.0. The van der Waals surface area contributed by atoms with Gasteiger partial charge >= 0.3 is 0 Å². The first-order valence-corrected chi connectivity index (χ1v) is 15.0. The molecule has 0 radical (unpaired) electrons. The average Bonchev–Trinajstić information content (AvgIpc) is 3.39. The number of sulfone groups is 1. The van der Waals surface area contributed by atoms with Crippen LogP contribution in [0.5, 0.6) is 5.75 Å². The number of anilines is 3. The molecule has 206 valence electrons. The van der Waals surface area contributed by atoms with Gasteiger partial charge in [0, 0.05) is 43.0 Å². The van der Waals surface area contributed by atoms with Crippen molar-refractivity contribution in [1.82, 2.24) is 9.97 Å². The van der Waals surface area contributed by atoms with Crippen LogP contribution in [0.1, 0.15) is 56.3 Å². The van der Waals surface area contributed by atoms with Gasteiger partial charge in [0.25, 0.3) is 0 Å². The Balaban J connectivity index is 1.46. The minimum Gasteiger partial charge on any atom is -0.494 e. The lowest BCUT2D eigenvalue weighted by Gasteiger charge is -2.32. The second-order valence-corrected chi connectivity index (χ2v) is 12.6. The van der Waals surface area contributed by atoms with Crippen molar-refractivity contribution in [2.24, 2.45) is 4.99 Å². The third-order valence-electron chi connectivity index (χ3n) is 7.13. The predicted octanol–water partition coefficient (Wildman–Crippen LogP) is 4.29. The topological polar surface area (TPSA) is 117 Å². The van der Waals surface area contributed by atoms with Gasteiger partial charge in [-0.3, -0.25) is 4.99 Å². The zero-order valence-electron chi connectivity index (χ0n) is 22.6. The van der Waals surface area contributed by atoms with Crippen LogP contribution < -0.4 is 15.0 Å². The van der Waals surface area contributed by atoms with Crippen LogP contribution in [-0.4, -0.2) is 60.8 Å². The number of hydrogen-bond acceptors (Lipinski definition) is 9. The highest BCUT2D eigenvalue weighted by Gasteiger charge is 2.25. The van der Waals surface area contributed by atoms with Crippen molar-refractivity contribution in [1.29, 1.82) is 0 Å². The first-order chi connectivity index (χ1) is 18.8. The van der Waals surface area contributed by atoms with E-state index >= 15 is 0 Å².